The molecule has 0 bridgehead atoms. The first kappa shape index (κ1) is 9.03. The highest BCUT2D eigenvalue weighted by atomic mass is 16.3. The smallest absolute Gasteiger partial charge is 0.0687 e. The molecule has 2 heteroatoms. The summed E-state index contributed by atoms with van der Waals surface area (Å²) in [5.74, 6) is 0. The second-order valence-electron chi connectivity index (χ2n) is 3.22. The lowest BCUT2D eigenvalue weighted by Gasteiger charge is -2.11. The van der Waals surface area contributed by atoms with Crippen molar-refractivity contribution in [2.45, 2.75) is 6.61 Å². The third-order valence-corrected chi connectivity index (χ3v) is 2.32. The van der Waals surface area contributed by atoms with Crippen LogP contribution in [-0.4, -0.2) is 11.7 Å². The third-order valence-electron chi connectivity index (χ3n) is 2.32. The van der Waals surface area contributed by atoms with Crippen molar-refractivity contribution >= 4 is 5.57 Å². The van der Waals surface area contributed by atoms with E-state index in [1.165, 1.54) is 5.57 Å². The van der Waals surface area contributed by atoms with E-state index in [0.29, 0.717) is 0 Å². The van der Waals surface area contributed by atoms with E-state index in [-0.39, 0.29) is 6.61 Å². The number of aliphatic hydroxyl groups excluding tert-OH is 1. The summed E-state index contributed by atoms with van der Waals surface area (Å²) < 4.78 is 0. The molecule has 1 aliphatic rings. The predicted octanol–water partition coefficient (Wildman–Crippen LogP) is 1.68. The number of benzene rings is 1. The minimum atomic E-state index is 0.0920. The van der Waals surface area contributed by atoms with Crippen LogP contribution in [0.4, 0.5) is 0 Å². The molecule has 2 nitrogen and oxygen atoms in total. The predicted molar refractivity (Wildman–Crippen MR) is 57.5 cm³/mol. The fourth-order valence-corrected chi connectivity index (χ4v) is 1.59. The lowest BCUT2D eigenvalue weighted by atomic mass is 9.99. The van der Waals surface area contributed by atoms with E-state index >= 15 is 0 Å². The average molecular weight is 187 g/mol. The Bertz CT molecular complexity index is 380. The van der Waals surface area contributed by atoms with Gasteiger partial charge in [0.15, 0.2) is 0 Å². The summed E-state index contributed by atoms with van der Waals surface area (Å²) in [6.07, 6.45) is 6.08. The Hall–Kier alpha value is -1.54. The van der Waals surface area contributed by atoms with Gasteiger partial charge in [0.1, 0.15) is 0 Å². The summed E-state index contributed by atoms with van der Waals surface area (Å²) in [7, 11) is 0. The Balaban J connectivity index is 2.40. The van der Waals surface area contributed by atoms with Gasteiger partial charge in [0, 0.05) is 6.54 Å². The zero-order valence-electron chi connectivity index (χ0n) is 7.90. The molecule has 0 saturated heterocycles. The first-order valence-electron chi connectivity index (χ1n) is 4.71. The molecule has 0 spiro atoms. The molecule has 1 heterocycles. The van der Waals surface area contributed by atoms with Crippen LogP contribution in [-0.2, 0) is 6.61 Å². The molecule has 0 aliphatic carbocycles. The van der Waals surface area contributed by atoms with Crippen molar-refractivity contribution in [1.29, 1.82) is 0 Å². The zero-order chi connectivity index (χ0) is 9.80. The van der Waals surface area contributed by atoms with Crippen molar-refractivity contribution in [3.63, 3.8) is 0 Å². The molecule has 14 heavy (non-hydrogen) atoms. The lowest BCUT2D eigenvalue weighted by Crippen LogP contribution is -2.08. The SMILES string of the molecule is OCc1ccccc1C1=CCNC=C1. The Labute approximate surface area is 83.6 Å². The maximum atomic E-state index is 9.18. The van der Waals surface area contributed by atoms with Crippen molar-refractivity contribution < 1.29 is 5.11 Å². The molecule has 0 unspecified atom stereocenters. The summed E-state index contributed by atoms with van der Waals surface area (Å²) in [4.78, 5) is 0. The van der Waals surface area contributed by atoms with Gasteiger partial charge in [0.2, 0.25) is 0 Å². The fraction of sp³-hybridized carbons (Fsp3) is 0.167. The van der Waals surface area contributed by atoms with Gasteiger partial charge < -0.3 is 10.4 Å². The molecule has 0 atom stereocenters. The van der Waals surface area contributed by atoms with Crippen molar-refractivity contribution in [1.82, 2.24) is 5.32 Å². The van der Waals surface area contributed by atoms with E-state index < -0.39 is 0 Å². The van der Waals surface area contributed by atoms with Crippen LogP contribution in [0.15, 0.2) is 42.6 Å². The van der Waals surface area contributed by atoms with Gasteiger partial charge in [0.25, 0.3) is 0 Å². The van der Waals surface area contributed by atoms with E-state index in [0.717, 1.165) is 17.7 Å². The number of hydrogen-bond acceptors (Lipinski definition) is 2. The van der Waals surface area contributed by atoms with Gasteiger partial charge in [-0.25, -0.2) is 0 Å². The van der Waals surface area contributed by atoms with Crippen LogP contribution >= 0.6 is 0 Å². The highest BCUT2D eigenvalue weighted by Crippen LogP contribution is 2.21. The Kier molecular flexibility index (Phi) is 2.65. The molecule has 0 aromatic heterocycles. The number of hydrogen-bond donors (Lipinski definition) is 2. The van der Waals surface area contributed by atoms with Gasteiger partial charge in [-0.05, 0) is 29.0 Å². The van der Waals surface area contributed by atoms with Gasteiger partial charge in [-0.3, -0.25) is 0 Å². The highest BCUT2D eigenvalue weighted by molar-refractivity contribution is 5.76. The number of aliphatic hydroxyl groups is 1. The molecule has 0 radical (unpaired) electrons. The van der Waals surface area contributed by atoms with Crippen LogP contribution < -0.4 is 5.32 Å². The van der Waals surface area contributed by atoms with Crippen molar-refractivity contribution in [2.75, 3.05) is 6.54 Å². The molecule has 0 amide bonds. The van der Waals surface area contributed by atoms with Gasteiger partial charge in [-0.15, -0.1) is 0 Å². The van der Waals surface area contributed by atoms with E-state index in [4.69, 9.17) is 0 Å². The second-order valence-corrected chi connectivity index (χ2v) is 3.22. The van der Waals surface area contributed by atoms with Crippen LogP contribution in [0.3, 0.4) is 0 Å². The van der Waals surface area contributed by atoms with E-state index in [1.54, 1.807) is 0 Å². The third kappa shape index (κ3) is 1.70. The molecule has 2 rings (SSSR count). The van der Waals surface area contributed by atoms with Gasteiger partial charge in [0.05, 0.1) is 6.61 Å². The first-order valence-corrected chi connectivity index (χ1v) is 4.71. The van der Waals surface area contributed by atoms with Crippen LogP contribution in [0, 0.1) is 0 Å². The van der Waals surface area contributed by atoms with E-state index in [9.17, 15) is 5.11 Å². The van der Waals surface area contributed by atoms with Crippen LogP contribution in [0.25, 0.3) is 5.57 Å². The molecule has 72 valence electrons. The molecule has 2 N–H and O–H groups in total. The lowest BCUT2D eigenvalue weighted by molar-refractivity contribution is 0.281. The van der Waals surface area contributed by atoms with Crippen LogP contribution in [0.5, 0.6) is 0 Å². The van der Waals surface area contributed by atoms with Gasteiger partial charge >= 0.3 is 0 Å². The topological polar surface area (TPSA) is 32.3 Å². The minimum Gasteiger partial charge on any atom is -0.392 e. The number of allylic oxidation sites excluding steroid dienone is 2. The minimum absolute atomic E-state index is 0.0920. The second kappa shape index (κ2) is 4.11. The van der Waals surface area contributed by atoms with Crippen molar-refractivity contribution in [3.8, 4) is 0 Å². The highest BCUT2D eigenvalue weighted by Gasteiger charge is 2.04. The summed E-state index contributed by atoms with van der Waals surface area (Å²) in [5.41, 5.74) is 3.27. The summed E-state index contributed by atoms with van der Waals surface area (Å²) in [6.45, 7) is 0.945. The average Bonchev–Trinajstić information content (AvgIpc) is 2.30. The van der Waals surface area contributed by atoms with E-state index in [1.807, 2.05) is 36.5 Å². The summed E-state index contributed by atoms with van der Waals surface area (Å²) >= 11 is 0. The molecular weight excluding hydrogens is 174 g/mol. The normalized spacial score (nSPS) is 14.8. The quantitative estimate of drug-likeness (QED) is 0.738. The summed E-state index contributed by atoms with van der Waals surface area (Å²) in [5, 5.41) is 12.3. The molecular formula is C12H13NO. The standard InChI is InChI=1S/C12H13NO/c14-9-11-3-1-2-4-12(11)10-5-7-13-8-6-10/h1-7,13-14H,8-9H2. The number of dihydropyridines is 1. The summed E-state index contributed by atoms with van der Waals surface area (Å²) in [6, 6.07) is 7.92. The van der Waals surface area contributed by atoms with Gasteiger partial charge in [-0.1, -0.05) is 30.3 Å². The molecule has 0 saturated carbocycles. The fourth-order valence-electron chi connectivity index (χ4n) is 1.59. The molecule has 1 aromatic carbocycles. The Morgan fingerprint density at radius 2 is 2.14 bits per heavy atom. The van der Waals surface area contributed by atoms with Crippen molar-refractivity contribution in [2.24, 2.45) is 0 Å². The molecule has 1 aromatic rings. The largest absolute Gasteiger partial charge is 0.392 e. The van der Waals surface area contributed by atoms with Crippen LogP contribution in [0.2, 0.25) is 0 Å². The number of nitrogens with one attached hydrogen (secondary N) is 1. The van der Waals surface area contributed by atoms with Crippen molar-refractivity contribution in [3.05, 3.63) is 53.7 Å². The molecule has 1 aliphatic heterocycles. The number of rotatable bonds is 2. The zero-order valence-corrected chi connectivity index (χ0v) is 7.90. The van der Waals surface area contributed by atoms with Gasteiger partial charge in [-0.2, -0.15) is 0 Å². The maximum absolute atomic E-state index is 9.18. The Morgan fingerprint density at radius 1 is 1.29 bits per heavy atom. The molecule has 0 fully saturated rings. The maximum Gasteiger partial charge on any atom is 0.0687 e. The Morgan fingerprint density at radius 3 is 2.86 bits per heavy atom. The first-order chi connectivity index (χ1) is 6.92. The van der Waals surface area contributed by atoms with Crippen LogP contribution in [0.1, 0.15) is 11.1 Å². The monoisotopic (exact) mass is 187 g/mol. The van der Waals surface area contributed by atoms with E-state index in [2.05, 4.69) is 11.4 Å².